The molecule has 0 atom stereocenters. The Hall–Kier alpha value is -2.99. The Labute approximate surface area is 258 Å². The molecule has 1 aliphatic rings. The number of anilines is 1. The Morgan fingerprint density at radius 2 is 1.79 bits per heavy atom. The molecule has 0 spiro atoms. The van der Waals surface area contributed by atoms with Gasteiger partial charge in [0.1, 0.15) is 16.9 Å². The molecule has 1 aliphatic heterocycles. The van der Waals surface area contributed by atoms with Crippen LogP contribution in [0.5, 0.6) is 0 Å². The highest BCUT2D eigenvalue weighted by molar-refractivity contribution is 6.40. The smallest absolute Gasteiger partial charge is 0.262 e. The molecule has 42 heavy (non-hydrogen) atoms. The van der Waals surface area contributed by atoms with E-state index in [0.29, 0.717) is 55.4 Å². The highest BCUT2D eigenvalue weighted by Crippen LogP contribution is 2.34. The Morgan fingerprint density at radius 1 is 1.10 bits per heavy atom. The Balaban J connectivity index is 1.29. The number of carbonyl (C=O) groups is 1. The molecule has 10 nitrogen and oxygen atoms in total. The largest absolute Gasteiger partial charge is 0.379 e. The van der Waals surface area contributed by atoms with Crippen molar-refractivity contribution in [1.29, 1.82) is 0 Å². The van der Waals surface area contributed by atoms with Crippen LogP contribution in [0.25, 0.3) is 16.7 Å². The molecule has 3 heterocycles. The van der Waals surface area contributed by atoms with Crippen molar-refractivity contribution in [3.63, 3.8) is 0 Å². The highest BCUT2D eigenvalue weighted by atomic mass is 35.5. The number of rotatable bonds is 10. The summed E-state index contributed by atoms with van der Waals surface area (Å²) in [7, 11) is 0. The quantitative estimate of drug-likeness (QED) is 0.218. The van der Waals surface area contributed by atoms with Crippen LogP contribution < -0.4 is 16.2 Å². The number of amides is 1. The maximum Gasteiger partial charge on any atom is 0.262 e. The van der Waals surface area contributed by atoms with Crippen molar-refractivity contribution in [2.75, 3.05) is 51.3 Å². The first-order valence-electron chi connectivity index (χ1n) is 13.8. The molecule has 2 aromatic carbocycles. The molecule has 0 aliphatic carbocycles. The first kappa shape index (κ1) is 30.5. The van der Waals surface area contributed by atoms with E-state index >= 15 is 0 Å². The summed E-state index contributed by atoms with van der Waals surface area (Å²) >= 11 is 19.1. The number of nitrogens with zero attached hydrogens (tertiary/aromatic N) is 4. The molecule has 1 saturated heterocycles. The molecule has 1 amide bonds. The number of carbonyl (C=O) groups excluding carboxylic acids is 1. The number of fused-ring (bicyclic) bond motifs is 1. The number of morpholine rings is 1. The molecule has 222 valence electrons. The number of hydrogen-bond donors (Lipinski definition) is 3. The van der Waals surface area contributed by atoms with Crippen molar-refractivity contribution in [2.24, 2.45) is 0 Å². The van der Waals surface area contributed by atoms with E-state index in [1.807, 2.05) is 38.1 Å². The van der Waals surface area contributed by atoms with Gasteiger partial charge in [-0.3, -0.25) is 14.5 Å². The second kappa shape index (κ2) is 13.5. The fourth-order valence-corrected chi connectivity index (χ4v) is 5.82. The van der Waals surface area contributed by atoms with Crippen LogP contribution in [0.1, 0.15) is 36.8 Å². The first-order chi connectivity index (χ1) is 20.2. The minimum Gasteiger partial charge on any atom is -0.379 e. The zero-order valence-corrected chi connectivity index (χ0v) is 25.6. The maximum absolute atomic E-state index is 13.3. The summed E-state index contributed by atoms with van der Waals surface area (Å²) in [6.45, 7) is 9.10. The third kappa shape index (κ3) is 7.14. The van der Waals surface area contributed by atoms with E-state index in [1.165, 1.54) is 4.68 Å². The molecule has 0 radical (unpaired) electrons. The van der Waals surface area contributed by atoms with Crippen molar-refractivity contribution in [2.45, 2.75) is 26.2 Å². The second-order valence-electron chi connectivity index (χ2n) is 10.4. The van der Waals surface area contributed by atoms with E-state index in [1.54, 1.807) is 12.1 Å². The van der Waals surface area contributed by atoms with Gasteiger partial charge in [-0.25, -0.2) is 9.67 Å². The van der Waals surface area contributed by atoms with Crippen molar-refractivity contribution in [1.82, 2.24) is 30.0 Å². The molecular weight excluding hydrogens is 601 g/mol. The highest BCUT2D eigenvalue weighted by Gasteiger charge is 2.23. The fraction of sp³-hybridized carbons (Fsp3) is 0.379. The summed E-state index contributed by atoms with van der Waals surface area (Å²) in [6, 6.07) is 10.6. The van der Waals surface area contributed by atoms with Gasteiger partial charge in [-0.1, -0.05) is 60.8 Å². The summed E-state index contributed by atoms with van der Waals surface area (Å²) in [5.74, 6) is 0.288. The van der Waals surface area contributed by atoms with Crippen LogP contribution in [0.2, 0.25) is 15.1 Å². The summed E-state index contributed by atoms with van der Waals surface area (Å²) in [5, 5.41) is 12.1. The zero-order valence-electron chi connectivity index (χ0n) is 23.3. The average molecular weight is 633 g/mol. The van der Waals surface area contributed by atoms with Crippen LogP contribution in [-0.2, 0) is 16.0 Å². The van der Waals surface area contributed by atoms with Crippen LogP contribution in [0.4, 0.5) is 5.69 Å². The Bertz CT molecular complexity index is 1610. The molecule has 13 heteroatoms. The standard InChI is InChI=1S/C29H32Cl3N7O3/c1-17(2)26-25-28(39(37-26)27-21(31)14-19(30)15-22(27)32)35-23(36-29(25)41)13-18-3-5-20(6-4-18)34-24(40)16-33-7-8-38-9-11-42-12-10-38/h3-6,14-15,17,33H,7-13,16H2,1-2H3,(H,34,40)(H,35,36,41). The van der Waals surface area contributed by atoms with Gasteiger partial charge in [-0.05, 0) is 35.7 Å². The molecule has 1 fully saturated rings. The third-order valence-electron chi connectivity index (χ3n) is 6.96. The molecule has 3 N–H and O–H groups in total. The maximum atomic E-state index is 13.3. The van der Waals surface area contributed by atoms with Crippen molar-refractivity contribution in [3.8, 4) is 5.69 Å². The predicted octanol–water partition coefficient (Wildman–Crippen LogP) is 4.64. The van der Waals surface area contributed by atoms with Crippen molar-refractivity contribution >= 4 is 57.4 Å². The van der Waals surface area contributed by atoms with Gasteiger partial charge in [0.05, 0.1) is 35.5 Å². The second-order valence-corrected chi connectivity index (χ2v) is 11.7. The normalized spacial score (nSPS) is 14.1. The van der Waals surface area contributed by atoms with Gasteiger partial charge in [0.2, 0.25) is 5.91 Å². The summed E-state index contributed by atoms with van der Waals surface area (Å²) in [6.07, 6.45) is 0.354. The molecule has 0 unspecified atom stereocenters. The summed E-state index contributed by atoms with van der Waals surface area (Å²) < 4.78 is 6.87. The molecule has 2 aromatic heterocycles. The monoisotopic (exact) mass is 631 g/mol. The van der Waals surface area contributed by atoms with Crippen LogP contribution >= 0.6 is 34.8 Å². The lowest BCUT2D eigenvalue weighted by molar-refractivity contribution is -0.115. The minimum absolute atomic E-state index is 0.0462. The first-order valence-corrected chi connectivity index (χ1v) is 14.9. The minimum atomic E-state index is -0.295. The Kier molecular flexibility index (Phi) is 9.82. The average Bonchev–Trinajstić information content (AvgIpc) is 3.32. The molecule has 4 aromatic rings. The number of hydrogen-bond acceptors (Lipinski definition) is 7. The molecule has 0 bridgehead atoms. The topological polar surface area (TPSA) is 117 Å². The number of aromatic amines is 1. The van der Waals surface area contributed by atoms with Gasteiger partial charge in [-0.15, -0.1) is 0 Å². The SMILES string of the molecule is CC(C)c1nn(-c2c(Cl)cc(Cl)cc2Cl)c2nc(Cc3ccc(NC(=O)CNCCN4CCOCC4)cc3)[nH]c(=O)c12. The number of benzene rings is 2. The van der Waals surface area contributed by atoms with E-state index in [4.69, 9.17) is 44.5 Å². The van der Waals surface area contributed by atoms with Gasteiger partial charge in [0, 0.05) is 43.3 Å². The van der Waals surface area contributed by atoms with E-state index in [2.05, 4.69) is 25.6 Å². The lowest BCUT2D eigenvalue weighted by Gasteiger charge is -2.26. The number of halogens is 3. The number of H-pyrrole nitrogens is 1. The third-order valence-corrected chi connectivity index (χ3v) is 7.75. The van der Waals surface area contributed by atoms with Crippen LogP contribution in [0, 0.1) is 0 Å². The van der Waals surface area contributed by atoms with E-state index in [-0.39, 0.29) is 23.9 Å². The lowest BCUT2D eigenvalue weighted by atomic mass is 10.1. The number of aromatic nitrogens is 4. The summed E-state index contributed by atoms with van der Waals surface area (Å²) in [5.41, 5.74) is 2.63. The molecular formula is C29H32Cl3N7O3. The molecule has 0 saturated carbocycles. The van der Waals surface area contributed by atoms with E-state index in [9.17, 15) is 9.59 Å². The predicted molar refractivity (Wildman–Crippen MR) is 167 cm³/mol. The zero-order chi connectivity index (χ0) is 29.8. The van der Waals surface area contributed by atoms with E-state index in [0.717, 1.165) is 45.0 Å². The number of nitrogens with one attached hydrogen (secondary N) is 3. The summed E-state index contributed by atoms with van der Waals surface area (Å²) in [4.78, 5) is 35.6. The van der Waals surface area contributed by atoms with Gasteiger partial charge < -0.3 is 20.4 Å². The van der Waals surface area contributed by atoms with Crippen molar-refractivity contribution < 1.29 is 9.53 Å². The van der Waals surface area contributed by atoms with Crippen molar-refractivity contribution in [3.05, 3.63) is 78.9 Å². The van der Waals surface area contributed by atoms with Crippen LogP contribution in [0.3, 0.4) is 0 Å². The van der Waals surface area contributed by atoms with Gasteiger partial charge in [0.25, 0.3) is 5.56 Å². The number of ether oxygens (including phenoxy) is 1. The fourth-order valence-electron chi connectivity index (χ4n) is 4.85. The Morgan fingerprint density at radius 3 is 2.45 bits per heavy atom. The lowest BCUT2D eigenvalue weighted by Crippen LogP contribution is -2.41. The molecule has 5 rings (SSSR count). The van der Waals surface area contributed by atoms with Gasteiger partial charge in [-0.2, -0.15) is 5.10 Å². The van der Waals surface area contributed by atoms with Crippen LogP contribution in [-0.4, -0.2) is 76.5 Å². The van der Waals surface area contributed by atoms with Gasteiger partial charge >= 0.3 is 0 Å². The van der Waals surface area contributed by atoms with E-state index < -0.39 is 0 Å². The van der Waals surface area contributed by atoms with Crippen LogP contribution in [0.15, 0.2) is 41.2 Å². The van der Waals surface area contributed by atoms with Gasteiger partial charge in [0.15, 0.2) is 5.65 Å².